The first kappa shape index (κ1) is 22.3. The van der Waals surface area contributed by atoms with Crippen LogP contribution < -0.4 is 19.9 Å². The number of para-hydroxylation sites is 2. The Bertz CT molecular complexity index is 1250. The molecule has 178 valence electrons. The third-order valence-electron chi connectivity index (χ3n) is 6.71. The Morgan fingerprint density at radius 3 is 2.65 bits per heavy atom. The van der Waals surface area contributed by atoms with E-state index >= 15 is 0 Å². The Kier molecular flexibility index (Phi) is 6.38. The van der Waals surface area contributed by atoms with E-state index in [0.717, 1.165) is 56.0 Å². The molecule has 2 aliphatic heterocycles. The fraction of sp³-hybridized carbons (Fsp3) is 0.423. The number of piperazine rings is 1. The summed E-state index contributed by atoms with van der Waals surface area (Å²) in [6, 6.07) is 13.2. The summed E-state index contributed by atoms with van der Waals surface area (Å²) in [5, 5.41) is 0.543. The van der Waals surface area contributed by atoms with Gasteiger partial charge in [-0.15, -0.1) is 0 Å². The molecule has 0 radical (unpaired) electrons. The van der Waals surface area contributed by atoms with Crippen molar-refractivity contribution in [1.82, 2.24) is 14.5 Å². The van der Waals surface area contributed by atoms with E-state index in [1.54, 1.807) is 23.8 Å². The molecule has 5 rings (SSSR count). The van der Waals surface area contributed by atoms with E-state index in [1.807, 2.05) is 35.2 Å². The highest BCUT2D eigenvalue weighted by molar-refractivity contribution is 5.80. The highest BCUT2D eigenvalue weighted by atomic mass is 16.5. The van der Waals surface area contributed by atoms with Crippen LogP contribution >= 0.6 is 0 Å². The van der Waals surface area contributed by atoms with Crippen molar-refractivity contribution in [3.63, 3.8) is 0 Å². The fourth-order valence-electron chi connectivity index (χ4n) is 4.81. The zero-order chi connectivity index (χ0) is 23.5. The van der Waals surface area contributed by atoms with Gasteiger partial charge >= 0.3 is 0 Å². The van der Waals surface area contributed by atoms with Gasteiger partial charge in [0.25, 0.3) is 11.5 Å². The maximum absolute atomic E-state index is 13.0. The molecule has 0 bridgehead atoms. The van der Waals surface area contributed by atoms with Crippen LogP contribution in [-0.2, 0) is 17.8 Å². The number of amides is 1. The van der Waals surface area contributed by atoms with Gasteiger partial charge in [-0.3, -0.25) is 14.2 Å². The molecule has 8 nitrogen and oxygen atoms in total. The molecular formula is C26H30N4O4. The van der Waals surface area contributed by atoms with Crippen molar-refractivity contribution in [1.29, 1.82) is 0 Å². The number of aromatic nitrogens is 2. The van der Waals surface area contributed by atoms with Gasteiger partial charge in [-0.05, 0) is 43.2 Å². The molecule has 2 aliphatic rings. The number of rotatable bonds is 5. The van der Waals surface area contributed by atoms with E-state index in [0.29, 0.717) is 36.3 Å². The molecule has 0 saturated carbocycles. The minimum atomic E-state index is -0.0588. The van der Waals surface area contributed by atoms with Gasteiger partial charge in [0, 0.05) is 39.1 Å². The van der Waals surface area contributed by atoms with Crippen LogP contribution in [0.5, 0.6) is 11.5 Å². The zero-order valence-corrected chi connectivity index (χ0v) is 19.5. The summed E-state index contributed by atoms with van der Waals surface area (Å²) in [5.74, 6) is 2.16. The molecule has 1 saturated heterocycles. The van der Waals surface area contributed by atoms with Crippen molar-refractivity contribution in [3.8, 4) is 11.5 Å². The number of benzene rings is 2. The Balaban J connectivity index is 1.22. The first-order valence-electron chi connectivity index (χ1n) is 12.0. The predicted octanol–water partition coefficient (Wildman–Crippen LogP) is 2.86. The van der Waals surface area contributed by atoms with Crippen LogP contribution in [0.3, 0.4) is 0 Å². The van der Waals surface area contributed by atoms with Crippen LogP contribution in [0.15, 0.2) is 47.3 Å². The monoisotopic (exact) mass is 462 g/mol. The number of methoxy groups -OCH3 is 1. The molecule has 0 aliphatic carbocycles. The van der Waals surface area contributed by atoms with Gasteiger partial charge in [0.05, 0.1) is 23.7 Å². The molecule has 2 aromatic carbocycles. The average molecular weight is 463 g/mol. The summed E-state index contributed by atoms with van der Waals surface area (Å²) in [6.45, 7) is 3.36. The lowest BCUT2D eigenvalue weighted by Crippen LogP contribution is -2.50. The summed E-state index contributed by atoms with van der Waals surface area (Å²) in [4.78, 5) is 34.6. The van der Waals surface area contributed by atoms with Gasteiger partial charge in [-0.1, -0.05) is 18.6 Å². The highest BCUT2D eigenvalue weighted by Gasteiger charge is 2.23. The lowest BCUT2D eigenvalue weighted by molar-refractivity contribution is -0.133. The summed E-state index contributed by atoms with van der Waals surface area (Å²) < 4.78 is 13.1. The number of carbonyl (C=O) groups is 1. The maximum atomic E-state index is 13.0. The second kappa shape index (κ2) is 9.75. The topological polar surface area (TPSA) is 76.9 Å². The number of hydrogen-bond acceptors (Lipinski definition) is 6. The smallest absolute Gasteiger partial charge is 0.261 e. The lowest BCUT2D eigenvalue weighted by Gasteiger charge is -2.36. The van der Waals surface area contributed by atoms with Crippen molar-refractivity contribution in [3.05, 3.63) is 58.6 Å². The number of aryl methyl sites for hydroxylation is 1. The molecular weight excluding hydrogens is 432 g/mol. The van der Waals surface area contributed by atoms with E-state index in [4.69, 9.17) is 14.5 Å². The Morgan fingerprint density at radius 1 is 1.00 bits per heavy atom. The van der Waals surface area contributed by atoms with Crippen LogP contribution in [0, 0.1) is 0 Å². The van der Waals surface area contributed by atoms with E-state index in [2.05, 4.69) is 4.90 Å². The summed E-state index contributed by atoms with van der Waals surface area (Å²) in [5.41, 5.74) is 1.71. The lowest BCUT2D eigenvalue weighted by atomic mass is 10.2. The molecule has 8 heteroatoms. The van der Waals surface area contributed by atoms with E-state index in [-0.39, 0.29) is 18.1 Å². The van der Waals surface area contributed by atoms with Crippen LogP contribution in [0.2, 0.25) is 0 Å². The quantitative estimate of drug-likeness (QED) is 0.580. The SMILES string of the molecule is COc1ccccc1N1CCN(C(=O)COc2ccc3nc4n(c(=O)c3c2)CCCCC4)CC1. The van der Waals surface area contributed by atoms with Crippen molar-refractivity contribution in [2.45, 2.75) is 32.2 Å². The molecule has 0 unspecified atom stereocenters. The van der Waals surface area contributed by atoms with Crippen LogP contribution in [0.4, 0.5) is 5.69 Å². The Hall–Kier alpha value is -3.55. The first-order chi connectivity index (χ1) is 16.6. The van der Waals surface area contributed by atoms with E-state index in [1.165, 1.54) is 0 Å². The molecule has 1 aromatic heterocycles. The second-order valence-corrected chi connectivity index (χ2v) is 8.80. The van der Waals surface area contributed by atoms with Crippen molar-refractivity contribution in [2.75, 3.05) is 44.8 Å². The van der Waals surface area contributed by atoms with E-state index < -0.39 is 0 Å². The van der Waals surface area contributed by atoms with Crippen molar-refractivity contribution in [2.24, 2.45) is 0 Å². The number of fused-ring (bicyclic) bond motifs is 2. The minimum Gasteiger partial charge on any atom is -0.495 e. The molecule has 3 aromatic rings. The summed E-state index contributed by atoms with van der Waals surface area (Å²) in [6.07, 6.45) is 4.01. The molecule has 0 N–H and O–H groups in total. The number of anilines is 1. The molecule has 1 fully saturated rings. The predicted molar refractivity (Wildman–Crippen MR) is 131 cm³/mol. The molecule has 3 heterocycles. The third kappa shape index (κ3) is 4.44. The second-order valence-electron chi connectivity index (χ2n) is 8.80. The summed E-state index contributed by atoms with van der Waals surface area (Å²) >= 11 is 0. The first-order valence-corrected chi connectivity index (χ1v) is 12.0. The van der Waals surface area contributed by atoms with E-state index in [9.17, 15) is 9.59 Å². The Morgan fingerprint density at radius 2 is 1.82 bits per heavy atom. The number of hydrogen-bond donors (Lipinski definition) is 0. The zero-order valence-electron chi connectivity index (χ0n) is 19.5. The van der Waals surface area contributed by atoms with Gasteiger partial charge < -0.3 is 19.3 Å². The minimum absolute atomic E-state index is 0.0221. The third-order valence-corrected chi connectivity index (χ3v) is 6.71. The molecule has 34 heavy (non-hydrogen) atoms. The fourth-order valence-corrected chi connectivity index (χ4v) is 4.81. The van der Waals surface area contributed by atoms with Crippen molar-refractivity contribution < 1.29 is 14.3 Å². The van der Waals surface area contributed by atoms with Gasteiger partial charge in [0.15, 0.2) is 6.61 Å². The maximum Gasteiger partial charge on any atom is 0.261 e. The van der Waals surface area contributed by atoms with Crippen molar-refractivity contribution >= 4 is 22.5 Å². The average Bonchev–Trinajstić information content (AvgIpc) is 3.13. The van der Waals surface area contributed by atoms with Crippen LogP contribution in [0.25, 0.3) is 10.9 Å². The number of ether oxygens (including phenoxy) is 2. The molecule has 0 atom stereocenters. The van der Waals surface area contributed by atoms with Crippen LogP contribution in [0.1, 0.15) is 25.1 Å². The van der Waals surface area contributed by atoms with Gasteiger partial charge in [0.2, 0.25) is 0 Å². The highest BCUT2D eigenvalue weighted by Crippen LogP contribution is 2.28. The largest absolute Gasteiger partial charge is 0.495 e. The standard InChI is InChI=1S/C26H30N4O4/c1-33-23-8-5-4-7-22(23)28-13-15-29(16-14-28)25(31)18-34-19-10-11-21-20(17-19)26(32)30-12-6-2-3-9-24(30)27-21/h4-5,7-8,10-11,17H,2-3,6,9,12-16,18H2,1H3. The molecule has 1 amide bonds. The summed E-state index contributed by atoms with van der Waals surface area (Å²) in [7, 11) is 1.67. The molecule has 0 spiro atoms. The number of nitrogens with zero attached hydrogens (tertiary/aromatic N) is 4. The van der Waals surface area contributed by atoms with Gasteiger partial charge in [-0.25, -0.2) is 4.98 Å². The number of carbonyl (C=O) groups excluding carboxylic acids is 1. The van der Waals surface area contributed by atoms with Crippen LogP contribution in [-0.4, -0.2) is 60.3 Å². The Labute approximate surface area is 198 Å². The van der Waals surface area contributed by atoms with Gasteiger partial charge in [0.1, 0.15) is 17.3 Å². The normalized spacial score (nSPS) is 16.1. The van der Waals surface area contributed by atoms with Gasteiger partial charge in [-0.2, -0.15) is 0 Å².